The van der Waals surface area contributed by atoms with Gasteiger partial charge < -0.3 is 14.8 Å². The second-order valence-corrected chi connectivity index (χ2v) is 9.65. The second-order valence-electron chi connectivity index (χ2n) is 9.65. The molecule has 0 radical (unpaired) electrons. The van der Waals surface area contributed by atoms with Gasteiger partial charge >= 0.3 is 6.03 Å². The third-order valence-electron chi connectivity index (χ3n) is 7.13. The molecular formula is C31H27F2N5O. The highest BCUT2D eigenvalue weighted by Gasteiger charge is 2.36. The van der Waals surface area contributed by atoms with Crippen molar-refractivity contribution in [1.82, 2.24) is 19.2 Å². The van der Waals surface area contributed by atoms with Crippen molar-refractivity contribution < 1.29 is 13.6 Å². The molecule has 8 heteroatoms. The highest BCUT2D eigenvalue weighted by Crippen LogP contribution is 2.39. The zero-order valence-electron chi connectivity index (χ0n) is 21.6. The third kappa shape index (κ3) is 4.37. The molecule has 0 unspecified atom stereocenters. The molecule has 6 nitrogen and oxygen atoms in total. The van der Waals surface area contributed by atoms with E-state index in [1.807, 2.05) is 91.5 Å². The number of fused-ring (bicyclic) bond motifs is 3. The summed E-state index contributed by atoms with van der Waals surface area (Å²) in [5.41, 5.74) is 5.29. The lowest BCUT2D eigenvalue weighted by Gasteiger charge is -2.31. The molecule has 1 aliphatic heterocycles. The number of urea groups is 1. The minimum atomic E-state index is -0.707. The fourth-order valence-corrected chi connectivity index (χ4v) is 5.23. The first-order chi connectivity index (χ1) is 18.9. The van der Waals surface area contributed by atoms with Gasteiger partial charge in [0.05, 0.1) is 35.3 Å². The zero-order valence-corrected chi connectivity index (χ0v) is 21.6. The van der Waals surface area contributed by atoms with Crippen molar-refractivity contribution in [1.29, 1.82) is 0 Å². The number of nitrogens with one attached hydrogen (secondary N) is 1. The van der Waals surface area contributed by atoms with E-state index >= 15 is 0 Å². The fraction of sp³-hybridized carbons (Fsp3) is 0.161. The van der Waals surface area contributed by atoms with Gasteiger partial charge in [-0.15, -0.1) is 0 Å². The van der Waals surface area contributed by atoms with E-state index in [1.165, 1.54) is 0 Å². The number of para-hydroxylation sites is 1. The summed E-state index contributed by atoms with van der Waals surface area (Å²) < 4.78 is 32.5. The van der Waals surface area contributed by atoms with Crippen molar-refractivity contribution in [2.75, 3.05) is 5.32 Å². The van der Waals surface area contributed by atoms with Crippen LogP contribution in [0.3, 0.4) is 0 Å². The van der Waals surface area contributed by atoms with Crippen LogP contribution in [0.5, 0.6) is 0 Å². The molecule has 0 saturated heterocycles. The molecule has 1 atom stereocenters. The normalized spacial score (nSPS) is 14.5. The van der Waals surface area contributed by atoms with E-state index in [0.717, 1.165) is 57.8 Å². The van der Waals surface area contributed by atoms with Crippen LogP contribution in [0.4, 0.5) is 19.3 Å². The maximum atomic E-state index is 14.6. The first kappa shape index (κ1) is 24.6. The Hall–Kier alpha value is -4.72. The maximum Gasteiger partial charge on any atom is 0.323 e. The van der Waals surface area contributed by atoms with E-state index in [0.29, 0.717) is 6.42 Å². The molecule has 2 aromatic heterocycles. The number of halogens is 2. The Morgan fingerprint density at radius 2 is 1.77 bits per heavy atom. The largest absolute Gasteiger partial charge is 0.323 e. The number of amides is 2. The van der Waals surface area contributed by atoms with Crippen molar-refractivity contribution in [3.8, 4) is 11.5 Å². The molecule has 6 rings (SSSR count). The van der Waals surface area contributed by atoms with Crippen LogP contribution in [-0.2, 0) is 13.0 Å². The van der Waals surface area contributed by atoms with E-state index < -0.39 is 23.7 Å². The monoisotopic (exact) mass is 523 g/mol. The summed E-state index contributed by atoms with van der Waals surface area (Å²) in [7, 11) is 0. The second kappa shape index (κ2) is 9.87. The summed E-state index contributed by atoms with van der Waals surface area (Å²) in [6.45, 7) is 4.26. The lowest BCUT2D eigenvalue weighted by molar-refractivity contribution is 0.194. The molecule has 0 fully saturated rings. The van der Waals surface area contributed by atoms with Gasteiger partial charge in [0.25, 0.3) is 0 Å². The van der Waals surface area contributed by atoms with Gasteiger partial charge in [-0.2, -0.15) is 5.10 Å². The fourth-order valence-electron chi connectivity index (χ4n) is 5.23. The number of aromatic nitrogens is 3. The van der Waals surface area contributed by atoms with Gasteiger partial charge in [-0.1, -0.05) is 55.0 Å². The molecule has 5 aromatic rings. The smallest absolute Gasteiger partial charge is 0.307 e. The molecule has 196 valence electrons. The Bertz CT molecular complexity index is 1660. The van der Waals surface area contributed by atoms with Gasteiger partial charge in [-0.05, 0) is 55.3 Å². The van der Waals surface area contributed by atoms with Gasteiger partial charge in [-0.3, -0.25) is 0 Å². The molecule has 0 spiro atoms. The molecule has 1 N–H and O–H groups in total. The minimum absolute atomic E-state index is 0.210. The third-order valence-corrected chi connectivity index (χ3v) is 7.13. The number of hydrogen-bond acceptors (Lipinski definition) is 2. The number of benzene rings is 3. The molecule has 0 bridgehead atoms. The SMILES string of the molecule is CCc1nn(-c2ccccc2)c2c1CN(C(=O)Nc1cc(F)ccc1F)[C@H](c1ccc(C)cc1)c1cccn1-2. The molecule has 0 aliphatic carbocycles. The predicted octanol–water partition coefficient (Wildman–Crippen LogP) is 6.95. The first-order valence-electron chi connectivity index (χ1n) is 12.9. The standard InChI is InChI=1S/C31H27F2N5O/c1-3-26-24-19-37(31(39)34-27-18-22(32)15-16-25(27)33)29(21-13-11-20(2)12-14-21)28-10-7-17-36(28)30(24)38(35-26)23-8-5-4-6-9-23/h4-18,29H,3,19H2,1-2H3,(H,34,39)/t29-/m1/s1. The molecule has 0 saturated carbocycles. The van der Waals surface area contributed by atoms with Crippen LogP contribution >= 0.6 is 0 Å². The van der Waals surface area contributed by atoms with Crippen molar-refractivity contribution in [3.63, 3.8) is 0 Å². The molecular weight excluding hydrogens is 496 g/mol. The highest BCUT2D eigenvalue weighted by molar-refractivity contribution is 5.90. The Morgan fingerprint density at radius 1 is 1.00 bits per heavy atom. The Kier molecular flexibility index (Phi) is 6.23. The van der Waals surface area contributed by atoms with Crippen molar-refractivity contribution in [2.45, 2.75) is 32.9 Å². The number of carbonyl (C=O) groups excluding carboxylic acids is 1. The zero-order chi connectivity index (χ0) is 27.1. The first-order valence-corrected chi connectivity index (χ1v) is 12.9. The molecule has 39 heavy (non-hydrogen) atoms. The van der Waals surface area contributed by atoms with Gasteiger partial charge in [0.15, 0.2) is 0 Å². The number of nitrogens with zero attached hydrogens (tertiary/aromatic N) is 4. The minimum Gasteiger partial charge on any atom is -0.307 e. The Labute approximate surface area is 225 Å². The summed E-state index contributed by atoms with van der Waals surface area (Å²) in [4.78, 5) is 15.6. The van der Waals surface area contributed by atoms with Crippen LogP contribution in [0, 0.1) is 18.6 Å². The molecule has 3 aromatic carbocycles. The van der Waals surface area contributed by atoms with Crippen molar-refractivity contribution >= 4 is 11.7 Å². The summed E-state index contributed by atoms with van der Waals surface area (Å²) in [5.74, 6) is -0.490. The quantitative estimate of drug-likeness (QED) is 0.277. The average Bonchev–Trinajstić information content (AvgIpc) is 3.53. The van der Waals surface area contributed by atoms with Crippen LogP contribution in [-0.4, -0.2) is 25.3 Å². The van der Waals surface area contributed by atoms with Crippen LogP contribution < -0.4 is 5.32 Å². The lowest BCUT2D eigenvalue weighted by Crippen LogP contribution is -2.38. The Morgan fingerprint density at radius 3 is 2.51 bits per heavy atom. The van der Waals surface area contributed by atoms with Crippen LogP contribution in [0.1, 0.15) is 41.0 Å². The van der Waals surface area contributed by atoms with Crippen LogP contribution in [0.15, 0.2) is 91.1 Å². The molecule has 3 heterocycles. The lowest BCUT2D eigenvalue weighted by atomic mass is 10.0. The van der Waals surface area contributed by atoms with E-state index in [2.05, 4.69) is 9.88 Å². The van der Waals surface area contributed by atoms with Gasteiger partial charge in [0.1, 0.15) is 17.5 Å². The van der Waals surface area contributed by atoms with Crippen LogP contribution in [0.25, 0.3) is 11.5 Å². The van der Waals surface area contributed by atoms with Gasteiger partial charge in [-0.25, -0.2) is 18.3 Å². The van der Waals surface area contributed by atoms with Gasteiger partial charge in [0, 0.05) is 17.8 Å². The number of aryl methyl sites for hydroxylation is 2. The number of carbonyl (C=O) groups is 1. The number of rotatable bonds is 4. The van der Waals surface area contributed by atoms with E-state index in [1.54, 1.807) is 4.90 Å². The van der Waals surface area contributed by atoms with Gasteiger partial charge in [0.2, 0.25) is 0 Å². The van der Waals surface area contributed by atoms with E-state index in [9.17, 15) is 13.6 Å². The number of anilines is 1. The highest BCUT2D eigenvalue weighted by atomic mass is 19.1. The average molecular weight is 524 g/mol. The van der Waals surface area contributed by atoms with Crippen molar-refractivity contribution in [3.05, 3.63) is 131 Å². The Balaban J connectivity index is 1.55. The maximum absolute atomic E-state index is 14.6. The van der Waals surface area contributed by atoms with Crippen molar-refractivity contribution in [2.24, 2.45) is 0 Å². The topological polar surface area (TPSA) is 55.1 Å². The summed E-state index contributed by atoms with van der Waals surface area (Å²) in [5, 5.41) is 7.57. The predicted molar refractivity (Wildman–Crippen MR) is 146 cm³/mol. The number of hydrogen-bond donors (Lipinski definition) is 1. The summed E-state index contributed by atoms with van der Waals surface area (Å²) in [6.07, 6.45) is 2.63. The summed E-state index contributed by atoms with van der Waals surface area (Å²) >= 11 is 0. The van der Waals surface area contributed by atoms with E-state index in [-0.39, 0.29) is 12.2 Å². The molecule has 2 amide bonds. The van der Waals surface area contributed by atoms with Crippen LogP contribution in [0.2, 0.25) is 0 Å². The van der Waals surface area contributed by atoms with E-state index in [4.69, 9.17) is 5.10 Å². The summed E-state index contributed by atoms with van der Waals surface area (Å²) in [6, 6.07) is 23.8. The molecule has 1 aliphatic rings.